The first kappa shape index (κ1) is 15.2. The Morgan fingerprint density at radius 3 is 2.21 bits per heavy atom. The highest BCUT2D eigenvalue weighted by Gasteiger charge is 2.25. The van der Waals surface area contributed by atoms with Crippen molar-refractivity contribution >= 4 is 11.9 Å². The van der Waals surface area contributed by atoms with E-state index >= 15 is 0 Å². The summed E-state index contributed by atoms with van der Waals surface area (Å²) in [5.41, 5.74) is 1.08. The second kappa shape index (κ2) is 6.92. The van der Waals surface area contributed by atoms with Gasteiger partial charge in [-0.2, -0.15) is 0 Å². The number of aliphatic carboxylic acids is 1. The molecule has 0 heterocycles. The fourth-order valence-corrected chi connectivity index (χ4v) is 1.88. The number of hydrogen-bond acceptors (Lipinski definition) is 2. The molecule has 0 aliphatic rings. The van der Waals surface area contributed by atoms with Crippen LogP contribution >= 0.6 is 0 Å². The van der Waals surface area contributed by atoms with Crippen molar-refractivity contribution in [2.24, 2.45) is 11.8 Å². The van der Waals surface area contributed by atoms with Crippen molar-refractivity contribution in [3.63, 3.8) is 0 Å². The van der Waals surface area contributed by atoms with Crippen molar-refractivity contribution in [1.82, 2.24) is 5.32 Å². The van der Waals surface area contributed by atoms with Gasteiger partial charge in [-0.1, -0.05) is 44.2 Å². The number of nitrogens with one attached hydrogen (secondary N) is 1. The van der Waals surface area contributed by atoms with Crippen molar-refractivity contribution in [1.29, 1.82) is 0 Å². The third-order valence-corrected chi connectivity index (χ3v) is 3.17. The van der Waals surface area contributed by atoms with Gasteiger partial charge in [-0.3, -0.25) is 9.59 Å². The molecule has 2 atom stereocenters. The van der Waals surface area contributed by atoms with E-state index in [-0.39, 0.29) is 17.7 Å². The molecule has 0 bridgehead atoms. The normalized spacial score (nSPS) is 13.9. The van der Waals surface area contributed by atoms with Gasteiger partial charge in [-0.15, -0.1) is 0 Å². The van der Waals surface area contributed by atoms with Crippen LogP contribution in [0.2, 0.25) is 0 Å². The lowest BCUT2D eigenvalue weighted by Gasteiger charge is -2.21. The summed E-state index contributed by atoms with van der Waals surface area (Å²) in [5.74, 6) is -1.28. The first-order valence-electron chi connectivity index (χ1n) is 6.49. The van der Waals surface area contributed by atoms with Gasteiger partial charge in [0.1, 0.15) is 6.04 Å². The summed E-state index contributed by atoms with van der Waals surface area (Å²) in [5, 5.41) is 11.4. The molecule has 1 rings (SSSR count). The van der Waals surface area contributed by atoms with Crippen LogP contribution in [0.3, 0.4) is 0 Å². The van der Waals surface area contributed by atoms with Gasteiger partial charge in [-0.25, -0.2) is 0 Å². The van der Waals surface area contributed by atoms with E-state index in [1.54, 1.807) is 0 Å². The topological polar surface area (TPSA) is 66.4 Å². The summed E-state index contributed by atoms with van der Waals surface area (Å²) in [6.07, 6.45) is 0.622. The number of amides is 1. The van der Waals surface area contributed by atoms with Gasteiger partial charge < -0.3 is 10.4 Å². The highest BCUT2D eigenvalue weighted by atomic mass is 16.4. The van der Waals surface area contributed by atoms with E-state index in [9.17, 15) is 9.59 Å². The zero-order chi connectivity index (χ0) is 14.4. The molecule has 0 saturated carbocycles. The largest absolute Gasteiger partial charge is 0.480 e. The summed E-state index contributed by atoms with van der Waals surface area (Å²) in [6.45, 7) is 5.41. The van der Waals surface area contributed by atoms with E-state index in [0.717, 1.165) is 5.56 Å². The fourth-order valence-electron chi connectivity index (χ4n) is 1.88. The molecule has 1 unspecified atom stereocenters. The zero-order valence-corrected chi connectivity index (χ0v) is 11.6. The number of carbonyl (C=O) groups is 2. The third kappa shape index (κ3) is 4.73. The van der Waals surface area contributed by atoms with Crippen LogP contribution in [0.4, 0.5) is 0 Å². The second-order valence-electron chi connectivity index (χ2n) is 5.11. The smallest absolute Gasteiger partial charge is 0.325 e. The van der Waals surface area contributed by atoms with Crippen molar-refractivity contribution in [3.05, 3.63) is 35.9 Å². The third-order valence-electron chi connectivity index (χ3n) is 3.17. The Bertz CT molecular complexity index is 428. The number of carboxylic acid groups (broad SMARTS) is 1. The van der Waals surface area contributed by atoms with Gasteiger partial charge in [-0.05, 0) is 24.8 Å². The van der Waals surface area contributed by atoms with Gasteiger partial charge in [0.2, 0.25) is 5.91 Å². The molecule has 0 aliphatic heterocycles. The van der Waals surface area contributed by atoms with E-state index in [4.69, 9.17) is 5.11 Å². The van der Waals surface area contributed by atoms with E-state index in [1.807, 2.05) is 44.2 Å². The molecule has 0 aromatic heterocycles. The molecule has 0 aliphatic carbocycles. The quantitative estimate of drug-likeness (QED) is 0.826. The van der Waals surface area contributed by atoms with Gasteiger partial charge >= 0.3 is 5.97 Å². The minimum absolute atomic E-state index is 0.154. The molecule has 1 aromatic rings. The predicted octanol–water partition coefficient (Wildman–Crippen LogP) is 2.09. The summed E-state index contributed by atoms with van der Waals surface area (Å²) >= 11 is 0. The average molecular weight is 263 g/mol. The summed E-state index contributed by atoms with van der Waals surface area (Å²) < 4.78 is 0. The highest BCUT2D eigenvalue weighted by molar-refractivity contribution is 5.85. The molecule has 104 valence electrons. The van der Waals surface area contributed by atoms with Crippen LogP contribution in [-0.4, -0.2) is 23.0 Å². The molecule has 0 saturated heterocycles. The van der Waals surface area contributed by atoms with Crippen LogP contribution < -0.4 is 5.32 Å². The minimum Gasteiger partial charge on any atom is -0.480 e. The molecule has 1 aromatic carbocycles. The monoisotopic (exact) mass is 263 g/mol. The molecule has 2 N–H and O–H groups in total. The Labute approximate surface area is 113 Å². The summed E-state index contributed by atoms with van der Waals surface area (Å²) in [4.78, 5) is 22.9. The van der Waals surface area contributed by atoms with Crippen molar-refractivity contribution in [3.8, 4) is 0 Å². The second-order valence-corrected chi connectivity index (χ2v) is 5.11. The van der Waals surface area contributed by atoms with E-state index in [2.05, 4.69) is 5.32 Å². The van der Waals surface area contributed by atoms with Gasteiger partial charge in [0.05, 0.1) is 0 Å². The fraction of sp³-hybridized carbons (Fsp3) is 0.467. The number of carbonyl (C=O) groups excluding carboxylic acids is 1. The molecule has 4 nitrogen and oxygen atoms in total. The number of hydrogen-bond donors (Lipinski definition) is 2. The zero-order valence-electron chi connectivity index (χ0n) is 11.6. The first-order valence-corrected chi connectivity index (χ1v) is 6.49. The van der Waals surface area contributed by atoms with Crippen LogP contribution in [0.15, 0.2) is 30.3 Å². The van der Waals surface area contributed by atoms with E-state index in [0.29, 0.717) is 6.42 Å². The lowest BCUT2D eigenvalue weighted by Crippen LogP contribution is -2.43. The van der Waals surface area contributed by atoms with Gasteiger partial charge in [0.25, 0.3) is 0 Å². The van der Waals surface area contributed by atoms with Gasteiger partial charge in [0, 0.05) is 5.92 Å². The molecule has 1 amide bonds. The number of benzene rings is 1. The summed E-state index contributed by atoms with van der Waals surface area (Å²) in [7, 11) is 0. The average Bonchev–Trinajstić information content (AvgIpc) is 2.36. The lowest BCUT2D eigenvalue weighted by molar-refractivity contribution is -0.142. The Balaban J connectivity index is 2.72. The lowest BCUT2D eigenvalue weighted by atomic mass is 9.88. The maximum Gasteiger partial charge on any atom is 0.325 e. The molecule has 0 radical (unpaired) electrons. The molecular formula is C15H21NO3. The number of carboxylic acids is 1. The van der Waals surface area contributed by atoms with Crippen molar-refractivity contribution in [2.45, 2.75) is 33.2 Å². The van der Waals surface area contributed by atoms with E-state index < -0.39 is 12.0 Å². The molecule has 0 spiro atoms. The maximum atomic E-state index is 12.1. The van der Waals surface area contributed by atoms with Crippen LogP contribution in [0, 0.1) is 11.8 Å². The standard InChI is InChI=1S/C15H21NO3/c1-10(2)13(9-12-7-5-4-6-8-12)14(17)16-11(3)15(18)19/h4-8,10-11,13H,9H2,1-3H3,(H,16,17)(H,18,19)/t11-,13?/m0/s1. The number of rotatable bonds is 6. The Kier molecular flexibility index (Phi) is 5.55. The molecule has 0 fully saturated rings. The molecule has 19 heavy (non-hydrogen) atoms. The predicted molar refractivity (Wildman–Crippen MR) is 73.7 cm³/mol. The molecule has 4 heteroatoms. The minimum atomic E-state index is -1.02. The van der Waals surface area contributed by atoms with Crippen LogP contribution in [0.5, 0.6) is 0 Å². The first-order chi connectivity index (χ1) is 8.91. The molecular weight excluding hydrogens is 242 g/mol. The highest BCUT2D eigenvalue weighted by Crippen LogP contribution is 2.17. The van der Waals surface area contributed by atoms with Crippen LogP contribution in [0.25, 0.3) is 0 Å². The van der Waals surface area contributed by atoms with Crippen LogP contribution in [0.1, 0.15) is 26.3 Å². The Morgan fingerprint density at radius 2 is 1.74 bits per heavy atom. The van der Waals surface area contributed by atoms with Crippen molar-refractivity contribution in [2.75, 3.05) is 0 Å². The van der Waals surface area contributed by atoms with E-state index in [1.165, 1.54) is 6.92 Å². The SMILES string of the molecule is CC(C)C(Cc1ccccc1)C(=O)N[C@@H](C)C(=O)O. The summed E-state index contributed by atoms with van der Waals surface area (Å²) in [6, 6.07) is 8.90. The Hall–Kier alpha value is -1.84. The van der Waals surface area contributed by atoms with Gasteiger partial charge in [0.15, 0.2) is 0 Å². The maximum absolute atomic E-state index is 12.1. The Morgan fingerprint density at radius 1 is 1.16 bits per heavy atom. The van der Waals surface area contributed by atoms with Crippen LogP contribution in [-0.2, 0) is 16.0 Å². The van der Waals surface area contributed by atoms with Crippen molar-refractivity contribution < 1.29 is 14.7 Å².